The maximum absolute atomic E-state index is 13.2. The molecular weight excluding hydrogens is 444 g/mol. The zero-order valence-electron chi connectivity index (χ0n) is 20.4. The summed E-state index contributed by atoms with van der Waals surface area (Å²) in [5.41, 5.74) is 5.91. The first-order valence-corrected chi connectivity index (χ1v) is 12.0. The summed E-state index contributed by atoms with van der Waals surface area (Å²) >= 11 is 0. The summed E-state index contributed by atoms with van der Waals surface area (Å²) in [5.74, 6) is 0.358. The third-order valence-electron chi connectivity index (χ3n) is 7.26. The number of esters is 1. The fourth-order valence-electron chi connectivity index (χ4n) is 5.02. The lowest BCUT2D eigenvalue weighted by molar-refractivity contribution is -0.134. The van der Waals surface area contributed by atoms with Crippen LogP contribution >= 0.6 is 0 Å². The van der Waals surface area contributed by atoms with Gasteiger partial charge < -0.3 is 9.64 Å². The Hall–Kier alpha value is -3.59. The summed E-state index contributed by atoms with van der Waals surface area (Å²) in [7, 11) is 0. The molecular formula is C26H30N6O3. The van der Waals surface area contributed by atoms with Gasteiger partial charge in [0.15, 0.2) is 5.82 Å². The number of aromatic nitrogens is 4. The van der Waals surface area contributed by atoms with Crippen molar-refractivity contribution in [1.29, 1.82) is 0 Å². The van der Waals surface area contributed by atoms with Crippen LogP contribution < -0.4 is 0 Å². The van der Waals surface area contributed by atoms with E-state index in [1.54, 1.807) is 11.0 Å². The molecule has 5 rings (SSSR count). The Balaban J connectivity index is 1.15. The van der Waals surface area contributed by atoms with Crippen molar-refractivity contribution in [3.8, 4) is 5.82 Å². The molecule has 1 saturated heterocycles. The maximum Gasteiger partial charge on any atom is 0.338 e. The van der Waals surface area contributed by atoms with Gasteiger partial charge in [-0.05, 0) is 56.0 Å². The average Bonchev–Trinajstić information content (AvgIpc) is 3.54. The summed E-state index contributed by atoms with van der Waals surface area (Å²) < 4.78 is 6.78. The number of rotatable bonds is 6. The van der Waals surface area contributed by atoms with Crippen molar-refractivity contribution in [2.24, 2.45) is 0 Å². The minimum absolute atomic E-state index is 0.141. The standard InChI is InChI=1S/C26H30N6O3/c1-17-20(4-5-22-23(17)14-35-26(22)34)8-9-30-10-12-31(13-11-30)25(33)18(2)21-6-7-24(29-19(21)3)32-16-27-15-28-32/h4-7,15-16,18H,8-14H2,1-3H3. The Bertz CT molecular complexity index is 1250. The molecule has 1 amide bonds. The second-order valence-electron chi connectivity index (χ2n) is 9.27. The van der Waals surface area contributed by atoms with Crippen LogP contribution in [0.1, 0.15) is 51.1 Å². The highest BCUT2D eigenvalue weighted by atomic mass is 16.5. The van der Waals surface area contributed by atoms with Crippen molar-refractivity contribution in [3.63, 3.8) is 0 Å². The van der Waals surface area contributed by atoms with Crippen LogP contribution in [0.3, 0.4) is 0 Å². The van der Waals surface area contributed by atoms with Crippen LogP contribution in [0.4, 0.5) is 0 Å². The van der Waals surface area contributed by atoms with Crippen molar-refractivity contribution in [2.45, 2.75) is 39.7 Å². The fourth-order valence-corrected chi connectivity index (χ4v) is 5.02. The zero-order valence-corrected chi connectivity index (χ0v) is 20.4. The van der Waals surface area contributed by atoms with Gasteiger partial charge in [0.05, 0.1) is 11.5 Å². The summed E-state index contributed by atoms with van der Waals surface area (Å²) in [6.07, 6.45) is 4.00. The van der Waals surface area contributed by atoms with E-state index in [1.807, 2.05) is 43.0 Å². The van der Waals surface area contributed by atoms with E-state index in [0.29, 0.717) is 18.0 Å². The highest BCUT2D eigenvalue weighted by Gasteiger charge is 2.28. The first-order chi connectivity index (χ1) is 16.9. The molecule has 0 bridgehead atoms. The molecule has 1 unspecified atom stereocenters. The Morgan fingerprint density at radius 1 is 1.11 bits per heavy atom. The number of hydrogen-bond donors (Lipinski definition) is 0. The molecule has 2 aliphatic rings. The first-order valence-electron chi connectivity index (χ1n) is 12.0. The van der Waals surface area contributed by atoms with Gasteiger partial charge in [-0.25, -0.2) is 19.4 Å². The number of cyclic esters (lactones) is 1. The number of ether oxygens (including phenoxy) is 1. The monoisotopic (exact) mass is 474 g/mol. The summed E-state index contributed by atoms with van der Waals surface area (Å²) in [6, 6.07) is 7.78. The number of aryl methyl sites for hydroxylation is 1. The number of carbonyl (C=O) groups excluding carboxylic acids is 2. The van der Waals surface area contributed by atoms with Crippen molar-refractivity contribution in [2.75, 3.05) is 32.7 Å². The van der Waals surface area contributed by atoms with Crippen molar-refractivity contribution >= 4 is 11.9 Å². The predicted molar refractivity (Wildman–Crippen MR) is 129 cm³/mol. The molecule has 3 aromatic rings. The zero-order chi connectivity index (χ0) is 24.5. The second kappa shape index (κ2) is 9.58. The number of nitrogens with zero attached hydrogens (tertiary/aromatic N) is 6. The van der Waals surface area contributed by atoms with Gasteiger partial charge in [0, 0.05) is 44.0 Å². The van der Waals surface area contributed by atoms with Gasteiger partial charge in [0.2, 0.25) is 5.91 Å². The van der Waals surface area contributed by atoms with E-state index in [1.165, 1.54) is 11.9 Å². The lowest BCUT2D eigenvalue weighted by Crippen LogP contribution is -2.50. The van der Waals surface area contributed by atoms with Gasteiger partial charge in [-0.2, -0.15) is 5.10 Å². The normalized spacial score (nSPS) is 16.8. The fraction of sp³-hybridized carbons (Fsp3) is 0.423. The number of fused-ring (bicyclic) bond motifs is 1. The molecule has 1 aromatic carbocycles. The van der Waals surface area contributed by atoms with Gasteiger partial charge in [-0.1, -0.05) is 12.1 Å². The predicted octanol–water partition coefficient (Wildman–Crippen LogP) is 2.44. The minimum Gasteiger partial charge on any atom is -0.457 e. The molecule has 2 aromatic heterocycles. The van der Waals surface area contributed by atoms with Gasteiger partial charge in [-0.15, -0.1) is 0 Å². The molecule has 9 nitrogen and oxygen atoms in total. The Labute approximate surface area is 204 Å². The molecule has 9 heteroatoms. The SMILES string of the molecule is Cc1nc(-n2cncn2)ccc1C(C)C(=O)N1CCN(CCc2ccc3c(c2C)COC3=O)CC1. The van der Waals surface area contributed by atoms with E-state index in [2.05, 4.69) is 26.9 Å². The number of benzene rings is 1. The van der Waals surface area contributed by atoms with Gasteiger partial charge in [0.25, 0.3) is 0 Å². The van der Waals surface area contributed by atoms with Crippen molar-refractivity contribution < 1.29 is 14.3 Å². The molecule has 2 aliphatic heterocycles. The molecule has 0 N–H and O–H groups in total. The second-order valence-corrected chi connectivity index (χ2v) is 9.27. The topological polar surface area (TPSA) is 93.5 Å². The van der Waals surface area contributed by atoms with Gasteiger partial charge in [-0.3, -0.25) is 9.69 Å². The number of carbonyl (C=O) groups is 2. The number of amides is 1. The van der Waals surface area contributed by atoms with E-state index in [0.717, 1.165) is 61.5 Å². The quantitative estimate of drug-likeness (QED) is 0.507. The molecule has 35 heavy (non-hydrogen) atoms. The van der Waals surface area contributed by atoms with Gasteiger partial charge >= 0.3 is 5.97 Å². The lowest BCUT2D eigenvalue weighted by Gasteiger charge is -2.36. The molecule has 0 spiro atoms. The molecule has 0 radical (unpaired) electrons. The van der Waals surface area contributed by atoms with Crippen LogP contribution in [-0.2, 0) is 22.6 Å². The third-order valence-corrected chi connectivity index (χ3v) is 7.26. The maximum atomic E-state index is 13.2. The summed E-state index contributed by atoms with van der Waals surface area (Å²) in [6.45, 7) is 10.4. The molecule has 0 saturated carbocycles. The van der Waals surface area contributed by atoms with Crippen LogP contribution in [0.15, 0.2) is 36.9 Å². The molecule has 182 valence electrons. The van der Waals surface area contributed by atoms with Crippen molar-refractivity contribution in [3.05, 3.63) is 70.4 Å². The summed E-state index contributed by atoms with van der Waals surface area (Å²) in [5, 5.41) is 4.12. The van der Waals surface area contributed by atoms with Crippen LogP contribution in [0.2, 0.25) is 0 Å². The van der Waals surface area contributed by atoms with E-state index >= 15 is 0 Å². The number of pyridine rings is 1. The van der Waals surface area contributed by atoms with Crippen LogP contribution in [0, 0.1) is 13.8 Å². The highest BCUT2D eigenvalue weighted by Crippen LogP contribution is 2.27. The number of hydrogen-bond acceptors (Lipinski definition) is 7. The number of piperazine rings is 1. The Morgan fingerprint density at radius 2 is 1.91 bits per heavy atom. The molecule has 0 aliphatic carbocycles. The Morgan fingerprint density at radius 3 is 2.63 bits per heavy atom. The van der Waals surface area contributed by atoms with Crippen LogP contribution in [-0.4, -0.2) is 74.1 Å². The van der Waals surface area contributed by atoms with Crippen LogP contribution in [0.5, 0.6) is 0 Å². The largest absolute Gasteiger partial charge is 0.457 e. The lowest BCUT2D eigenvalue weighted by atomic mass is 9.96. The average molecular weight is 475 g/mol. The highest BCUT2D eigenvalue weighted by molar-refractivity contribution is 5.93. The van der Waals surface area contributed by atoms with E-state index < -0.39 is 0 Å². The Kier molecular flexibility index (Phi) is 6.34. The smallest absolute Gasteiger partial charge is 0.338 e. The first kappa shape index (κ1) is 23.2. The van der Waals surface area contributed by atoms with E-state index in [9.17, 15) is 9.59 Å². The minimum atomic E-state index is -0.252. The summed E-state index contributed by atoms with van der Waals surface area (Å²) in [4.78, 5) is 38.0. The van der Waals surface area contributed by atoms with Crippen LogP contribution in [0.25, 0.3) is 5.82 Å². The van der Waals surface area contributed by atoms with E-state index in [-0.39, 0.29) is 17.8 Å². The van der Waals surface area contributed by atoms with E-state index in [4.69, 9.17) is 4.74 Å². The third kappa shape index (κ3) is 4.55. The van der Waals surface area contributed by atoms with Crippen molar-refractivity contribution in [1.82, 2.24) is 29.5 Å². The molecule has 4 heterocycles. The molecule has 1 atom stereocenters. The molecule has 1 fully saturated rings. The van der Waals surface area contributed by atoms with Gasteiger partial charge in [0.1, 0.15) is 19.3 Å².